The van der Waals surface area contributed by atoms with Crippen LogP contribution in [0, 0.1) is 11.7 Å². The molecule has 4 N–H and O–H groups in total. The number of halogens is 1. The summed E-state index contributed by atoms with van der Waals surface area (Å²) in [5.74, 6) is -0.323. The third kappa shape index (κ3) is 4.96. The molecule has 8 heteroatoms. The normalized spacial score (nSPS) is 16.2. The number of nitrogens with two attached hydrogens (primary N) is 1. The van der Waals surface area contributed by atoms with Gasteiger partial charge in [-0.25, -0.2) is 14.2 Å². The molecule has 39 heavy (non-hydrogen) atoms. The minimum absolute atomic E-state index is 0.0461. The lowest BCUT2D eigenvalue weighted by Gasteiger charge is -2.08. The highest BCUT2D eigenvalue weighted by molar-refractivity contribution is 5.97. The van der Waals surface area contributed by atoms with Crippen molar-refractivity contribution < 1.29 is 23.5 Å². The van der Waals surface area contributed by atoms with E-state index in [1.807, 2.05) is 24.3 Å². The largest absolute Gasteiger partial charge is 0.478 e. The Morgan fingerprint density at radius 1 is 0.974 bits per heavy atom. The molecule has 1 saturated carbocycles. The van der Waals surface area contributed by atoms with E-state index in [4.69, 9.17) is 10.2 Å². The lowest BCUT2D eigenvalue weighted by Crippen LogP contribution is -2.24. The van der Waals surface area contributed by atoms with Gasteiger partial charge in [0.2, 0.25) is 5.91 Å². The molecule has 3 aromatic carbocycles. The predicted molar refractivity (Wildman–Crippen MR) is 145 cm³/mol. The lowest BCUT2D eigenvalue weighted by atomic mass is 9.96. The Balaban J connectivity index is 1.27. The number of aromatic carboxylic acids is 1. The van der Waals surface area contributed by atoms with Gasteiger partial charge < -0.3 is 20.6 Å². The van der Waals surface area contributed by atoms with Gasteiger partial charge in [0.05, 0.1) is 12.1 Å². The maximum atomic E-state index is 13.6. The molecule has 2 heterocycles. The summed E-state index contributed by atoms with van der Waals surface area (Å²) < 4.78 is 19.8. The first-order valence-electron chi connectivity index (χ1n) is 12.5. The van der Waals surface area contributed by atoms with E-state index >= 15 is 0 Å². The van der Waals surface area contributed by atoms with Crippen LogP contribution in [-0.4, -0.2) is 22.0 Å². The first-order valence-corrected chi connectivity index (χ1v) is 12.5. The summed E-state index contributed by atoms with van der Waals surface area (Å²) >= 11 is 0. The summed E-state index contributed by atoms with van der Waals surface area (Å²) in [6.07, 6.45) is 2.48. The Labute approximate surface area is 223 Å². The average molecular weight is 522 g/mol. The van der Waals surface area contributed by atoms with Gasteiger partial charge >= 0.3 is 5.97 Å². The van der Waals surface area contributed by atoms with Crippen molar-refractivity contribution in [3.63, 3.8) is 0 Å². The molecular formula is C31H24FN3O4. The topological polar surface area (TPSA) is 118 Å². The molecule has 1 fully saturated rings. The van der Waals surface area contributed by atoms with Crippen LogP contribution in [0.5, 0.6) is 0 Å². The standard InChI is InChI=1S/C31H24FN3O4/c32-23-8-5-18(6-9-23)26-13-21(17-1-3-19(4-2-17)31(37)38)11-22-12-24(39-29(22)26)16-35-30(36)27-14-25(27)20-7-10-28(33)34-15-20/h1-13,15,25,27H,14,16H2,(H2,33,34)(H,35,36)(H,37,38)/t25-,27+/m1/s1. The molecule has 7 nitrogen and oxygen atoms in total. The Morgan fingerprint density at radius 2 is 1.72 bits per heavy atom. The number of furan rings is 1. The van der Waals surface area contributed by atoms with Crippen molar-refractivity contribution in [3.05, 3.63) is 108 Å². The van der Waals surface area contributed by atoms with E-state index in [1.54, 1.807) is 48.7 Å². The summed E-state index contributed by atoms with van der Waals surface area (Å²) in [5, 5.41) is 13.0. The molecule has 6 rings (SSSR count). The van der Waals surface area contributed by atoms with Crippen LogP contribution >= 0.6 is 0 Å². The number of carboxylic acids is 1. The summed E-state index contributed by atoms with van der Waals surface area (Å²) in [7, 11) is 0. The van der Waals surface area contributed by atoms with Gasteiger partial charge in [-0.2, -0.15) is 0 Å². The number of nitrogens with zero attached hydrogens (tertiary/aromatic N) is 1. The Hall–Kier alpha value is -4.98. The number of carbonyl (C=O) groups excluding carboxylic acids is 1. The highest BCUT2D eigenvalue weighted by atomic mass is 19.1. The van der Waals surface area contributed by atoms with Crippen molar-refractivity contribution in [2.45, 2.75) is 18.9 Å². The van der Waals surface area contributed by atoms with E-state index in [-0.39, 0.29) is 35.7 Å². The van der Waals surface area contributed by atoms with Gasteiger partial charge in [-0.15, -0.1) is 0 Å². The summed E-state index contributed by atoms with van der Waals surface area (Å²) in [5.41, 5.74) is 10.7. The molecule has 0 saturated heterocycles. The number of hydrogen-bond donors (Lipinski definition) is 3. The molecular weight excluding hydrogens is 497 g/mol. The highest BCUT2D eigenvalue weighted by Gasteiger charge is 2.44. The van der Waals surface area contributed by atoms with Crippen LogP contribution in [0.2, 0.25) is 0 Å². The quantitative estimate of drug-likeness (QED) is 0.242. The SMILES string of the molecule is Nc1ccc([C@H]2C[C@@H]2C(=O)NCc2cc3cc(-c4ccc(C(=O)O)cc4)cc(-c4ccc(F)cc4)c3o2)cn1. The van der Waals surface area contributed by atoms with Gasteiger partial charge in [0.25, 0.3) is 0 Å². The van der Waals surface area contributed by atoms with Crippen LogP contribution in [0.4, 0.5) is 10.2 Å². The van der Waals surface area contributed by atoms with Crippen molar-refractivity contribution in [2.75, 3.05) is 5.73 Å². The van der Waals surface area contributed by atoms with Crippen LogP contribution in [-0.2, 0) is 11.3 Å². The Bertz CT molecular complexity index is 1690. The van der Waals surface area contributed by atoms with E-state index in [1.165, 1.54) is 12.1 Å². The number of rotatable bonds is 7. The molecule has 0 spiro atoms. The van der Waals surface area contributed by atoms with Crippen LogP contribution in [0.1, 0.15) is 34.0 Å². The fourth-order valence-corrected chi connectivity index (χ4v) is 4.90. The predicted octanol–water partition coefficient (Wildman–Crippen LogP) is 6.00. The van der Waals surface area contributed by atoms with Gasteiger partial charge in [-0.1, -0.05) is 30.3 Å². The van der Waals surface area contributed by atoms with E-state index in [0.29, 0.717) is 17.2 Å². The van der Waals surface area contributed by atoms with Crippen molar-refractivity contribution in [1.29, 1.82) is 0 Å². The number of benzene rings is 3. The van der Waals surface area contributed by atoms with Gasteiger partial charge in [0, 0.05) is 23.1 Å². The maximum absolute atomic E-state index is 13.6. The van der Waals surface area contributed by atoms with E-state index in [9.17, 15) is 19.1 Å². The zero-order valence-corrected chi connectivity index (χ0v) is 20.7. The minimum Gasteiger partial charge on any atom is -0.478 e. The molecule has 5 aromatic rings. The summed E-state index contributed by atoms with van der Waals surface area (Å²) in [6.45, 7) is 0.224. The first kappa shape index (κ1) is 24.4. The van der Waals surface area contributed by atoms with Gasteiger partial charge in [0.15, 0.2) is 0 Å². The van der Waals surface area contributed by atoms with Crippen molar-refractivity contribution in [2.24, 2.45) is 5.92 Å². The number of fused-ring (bicyclic) bond motifs is 1. The summed E-state index contributed by atoms with van der Waals surface area (Å²) in [4.78, 5) is 28.2. The zero-order valence-electron chi connectivity index (χ0n) is 20.7. The van der Waals surface area contributed by atoms with Gasteiger partial charge in [-0.3, -0.25) is 4.79 Å². The van der Waals surface area contributed by atoms with Crippen molar-refractivity contribution in [1.82, 2.24) is 10.3 Å². The monoisotopic (exact) mass is 521 g/mol. The molecule has 1 amide bonds. The third-order valence-corrected chi connectivity index (χ3v) is 7.09. The fraction of sp³-hybridized carbons (Fsp3) is 0.129. The second kappa shape index (κ2) is 9.72. The maximum Gasteiger partial charge on any atom is 0.335 e. The van der Waals surface area contributed by atoms with E-state index < -0.39 is 5.97 Å². The average Bonchev–Trinajstić information content (AvgIpc) is 3.64. The number of nitrogen functional groups attached to an aromatic ring is 1. The van der Waals surface area contributed by atoms with Crippen LogP contribution in [0.15, 0.2) is 89.5 Å². The van der Waals surface area contributed by atoms with Crippen molar-refractivity contribution in [3.8, 4) is 22.3 Å². The second-order valence-electron chi connectivity index (χ2n) is 9.73. The van der Waals surface area contributed by atoms with Gasteiger partial charge in [0.1, 0.15) is 23.0 Å². The molecule has 1 aliphatic carbocycles. The van der Waals surface area contributed by atoms with Gasteiger partial charge in [-0.05, 0) is 83.1 Å². The fourth-order valence-electron chi connectivity index (χ4n) is 4.90. The summed E-state index contributed by atoms with van der Waals surface area (Å²) in [6, 6.07) is 22.2. The molecule has 0 unspecified atom stereocenters. The third-order valence-electron chi connectivity index (χ3n) is 7.09. The molecule has 1 aliphatic rings. The Morgan fingerprint density at radius 3 is 2.41 bits per heavy atom. The van der Waals surface area contributed by atoms with Crippen LogP contribution in [0.25, 0.3) is 33.2 Å². The van der Waals surface area contributed by atoms with Crippen LogP contribution < -0.4 is 11.1 Å². The lowest BCUT2D eigenvalue weighted by molar-refractivity contribution is -0.122. The number of pyridine rings is 1. The first-order chi connectivity index (χ1) is 18.9. The molecule has 0 radical (unpaired) electrons. The van der Waals surface area contributed by atoms with Crippen LogP contribution in [0.3, 0.4) is 0 Å². The molecule has 194 valence electrons. The molecule has 0 bridgehead atoms. The number of carbonyl (C=O) groups is 2. The van der Waals surface area contributed by atoms with E-state index in [2.05, 4.69) is 10.3 Å². The zero-order chi connectivity index (χ0) is 27.1. The minimum atomic E-state index is -0.992. The molecule has 0 aliphatic heterocycles. The highest BCUT2D eigenvalue weighted by Crippen LogP contribution is 2.47. The number of aromatic nitrogens is 1. The number of nitrogens with one attached hydrogen (secondary N) is 1. The van der Waals surface area contributed by atoms with Crippen molar-refractivity contribution >= 4 is 28.7 Å². The number of amides is 1. The second-order valence-corrected chi connectivity index (χ2v) is 9.73. The van der Waals surface area contributed by atoms with E-state index in [0.717, 1.165) is 39.6 Å². The number of anilines is 1. The smallest absolute Gasteiger partial charge is 0.335 e. The number of hydrogen-bond acceptors (Lipinski definition) is 5. The Kier molecular flexibility index (Phi) is 6.07. The molecule has 2 aromatic heterocycles. The number of carboxylic acid groups (broad SMARTS) is 1. The molecule has 2 atom stereocenters.